The summed E-state index contributed by atoms with van der Waals surface area (Å²) in [6.07, 6.45) is -1.71. The van der Waals surface area contributed by atoms with Crippen molar-refractivity contribution in [1.82, 2.24) is 40.6 Å². The number of rotatable bonds is 15. The first-order chi connectivity index (χ1) is 46.7. The van der Waals surface area contributed by atoms with Crippen molar-refractivity contribution < 1.29 is 80.3 Å². The van der Waals surface area contributed by atoms with Crippen LogP contribution in [0.5, 0.6) is 0 Å². The molecule has 0 saturated carbocycles. The van der Waals surface area contributed by atoms with Crippen molar-refractivity contribution in [2.24, 2.45) is 9.98 Å². The van der Waals surface area contributed by atoms with E-state index in [1.54, 1.807) is 72.4 Å². The van der Waals surface area contributed by atoms with Gasteiger partial charge in [-0.2, -0.15) is 13.2 Å². The number of allylic oxidation sites excluding steroid dienone is 1. The van der Waals surface area contributed by atoms with Crippen molar-refractivity contribution in [3.63, 3.8) is 0 Å². The number of nitrogens with one attached hydrogen (secondary N) is 3. The van der Waals surface area contributed by atoms with Gasteiger partial charge in [-0.1, -0.05) is 74.5 Å². The number of aromatic nitrogens is 2. The predicted molar refractivity (Wildman–Crippen MR) is 359 cm³/mol. The van der Waals surface area contributed by atoms with Crippen LogP contribution < -0.4 is 25.8 Å². The highest BCUT2D eigenvalue weighted by Gasteiger charge is 2.44. The van der Waals surface area contributed by atoms with Crippen LogP contribution in [0.4, 0.5) is 42.9 Å². The molecule has 8 heterocycles. The Hall–Kier alpha value is -8.34. The SMILES string of the molecule is CCOC(=O)C1=C(CBr)NC(c2nccs2)=N[C@H]1c1ccc(Cl)cc1Cl.CCOC(=O)C1=C(CN2CCN3C(=O)N(c4ccc(C(=O)O)c(F)c4)C[C@@H]3C2)NC(c2nccs2)=N[C@H]1c1ccc(Cl)cc1Cl.O=C(O)C(F)(F)F.O=C(O)c1ccc(N2C[C@@H]3CNCCN3C2=O)cc1F. The Labute approximate surface area is 591 Å². The van der Waals surface area contributed by atoms with Gasteiger partial charge < -0.3 is 50.5 Å². The normalized spacial score (nSPS) is 19.1. The zero-order valence-corrected chi connectivity index (χ0v) is 57.4. The Morgan fingerprint density at radius 3 is 1.51 bits per heavy atom. The number of urea groups is 2. The third kappa shape index (κ3) is 17.2. The van der Waals surface area contributed by atoms with Crippen LogP contribution in [0.3, 0.4) is 0 Å². The minimum Gasteiger partial charge on any atom is -0.478 e. The smallest absolute Gasteiger partial charge is 0.478 e. The molecule has 98 heavy (non-hydrogen) atoms. The number of hydrogen-bond donors (Lipinski definition) is 6. The summed E-state index contributed by atoms with van der Waals surface area (Å²) in [7, 11) is 0. The van der Waals surface area contributed by atoms with Crippen molar-refractivity contribution in [2.45, 2.75) is 44.2 Å². The second-order valence-electron chi connectivity index (χ2n) is 21.5. The summed E-state index contributed by atoms with van der Waals surface area (Å²) in [4.78, 5) is 109. The van der Waals surface area contributed by atoms with E-state index in [0.29, 0.717) is 121 Å². The molecule has 4 amide bonds. The average Bonchev–Trinajstić information content (AvgIpc) is 1.06. The number of anilines is 2. The number of nitrogens with zero attached hydrogens (tertiary/aromatic N) is 9. The third-order valence-electron chi connectivity index (χ3n) is 15.4. The van der Waals surface area contributed by atoms with Crippen LogP contribution in [0.2, 0.25) is 20.1 Å². The van der Waals surface area contributed by atoms with Crippen LogP contribution >= 0.6 is 85.0 Å². The lowest BCUT2D eigenvalue weighted by atomic mass is 9.95. The highest BCUT2D eigenvalue weighted by Crippen LogP contribution is 2.40. The van der Waals surface area contributed by atoms with Crippen LogP contribution in [-0.2, 0) is 23.9 Å². The second kappa shape index (κ2) is 32.6. The number of esters is 2. The second-order valence-corrected chi connectivity index (χ2v) is 25.6. The maximum absolute atomic E-state index is 14.4. The summed E-state index contributed by atoms with van der Waals surface area (Å²) in [5.74, 6) is -7.10. The molecule has 518 valence electrons. The number of aliphatic imine (C=N–C) groups is 2. The predicted octanol–water partition coefficient (Wildman–Crippen LogP) is 10.9. The first kappa shape index (κ1) is 73.9. The van der Waals surface area contributed by atoms with Crippen molar-refractivity contribution in [1.29, 1.82) is 0 Å². The van der Waals surface area contributed by atoms with E-state index in [1.807, 2.05) is 10.8 Å². The molecule has 4 aromatic carbocycles. The number of aromatic carboxylic acids is 2. The van der Waals surface area contributed by atoms with E-state index >= 15 is 0 Å². The molecule has 4 saturated heterocycles. The Kier molecular flexibility index (Phi) is 24.5. The molecule has 36 heteroatoms. The summed E-state index contributed by atoms with van der Waals surface area (Å²) >= 11 is 31.5. The summed E-state index contributed by atoms with van der Waals surface area (Å²) in [6.45, 7) is 8.46. The quantitative estimate of drug-likeness (QED) is 0.0316. The summed E-state index contributed by atoms with van der Waals surface area (Å²) in [6, 6.07) is 15.6. The van der Waals surface area contributed by atoms with E-state index in [9.17, 15) is 55.8 Å². The van der Waals surface area contributed by atoms with Gasteiger partial charge in [0.05, 0.1) is 47.6 Å². The number of aliphatic carboxylic acids is 1. The van der Waals surface area contributed by atoms with E-state index in [1.165, 1.54) is 50.7 Å². The van der Waals surface area contributed by atoms with Gasteiger partial charge in [-0.25, -0.2) is 52.3 Å². The standard InChI is InChI=1S/C30H27Cl2FN6O5S.C17H14BrCl2N3O2S.C13H14FN3O3.C2HF3O2/c1-2-44-29(42)24-23(35-26(27-34-7-10-45-27)36-25(24)19-5-3-16(31)11-21(19)32)15-37-8-9-38-18(13-37)14-39(30(38)43)17-4-6-20(28(40)41)22(33)12-17;1-2-25-17(24)13-12(8-18)22-15(16-21-5-6-26-16)23-14(13)10-4-3-9(19)7-11(10)20;14-11-5-8(1-2-10(11)12(18)19)17-7-9-6-15-3-4-16(9)13(17)20;3-2(4,5)1(6)7/h3-7,10-12,18,25H,2,8-9,13-15H2,1H3,(H,35,36)(H,40,41);3-7,14H,2,8H2,1H3,(H,22,23);1-2,5,9,15H,3-4,6-7H2,(H,18,19);(H,6,7)/t18-,25-;14-;9-;/m000./s1. The van der Waals surface area contributed by atoms with Gasteiger partial charge in [-0.15, -0.1) is 22.7 Å². The molecule has 6 aromatic rings. The fourth-order valence-electron chi connectivity index (χ4n) is 11.0. The van der Waals surface area contributed by atoms with Gasteiger partial charge in [-0.3, -0.25) is 24.7 Å². The van der Waals surface area contributed by atoms with E-state index in [-0.39, 0.29) is 55.2 Å². The molecule has 6 aliphatic rings. The number of alkyl halides is 4. The summed E-state index contributed by atoms with van der Waals surface area (Å²) < 4.78 is 70.6. The molecule has 0 unspecified atom stereocenters. The molecular weight excluding hydrogens is 1490 g/mol. The number of halogens is 10. The molecule has 0 bridgehead atoms. The van der Waals surface area contributed by atoms with Crippen LogP contribution in [0.15, 0.2) is 128 Å². The zero-order valence-electron chi connectivity index (χ0n) is 51.2. The van der Waals surface area contributed by atoms with E-state index < -0.39 is 65.3 Å². The first-order valence-electron chi connectivity index (χ1n) is 29.4. The van der Waals surface area contributed by atoms with Crippen LogP contribution in [0.1, 0.15) is 67.8 Å². The molecule has 6 aliphatic heterocycles. The maximum Gasteiger partial charge on any atom is 0.490 e. The highest BCUT2D eigenvalue weighted by atomic mass is 79.9. The molecule has 2 aromatic heterocycles. The lowest BCUT2D eigenvalue weighted by Crippen LogP contribution is -2.53. The molecule has 0 radical (unpaired) electrons. The molecule has 24 nitrogen and oxygen atoms in total. The number of thiazole rings is 2. The minimum absolute atomic E-state index is 0.0819. The first-order valence-corrected chi connectivity index (χ1v) is 33.8. The minimum atomic E-state index is -5.08. The summed E-state index contributed by atoms with van der Waals surface area (Å²) in [5, 5.41) is 42.0. The maximum atomic E-state index is 14.4. The Morgan fingerprint density at radius 2 is 1.10 bits per heavy atom. The third-order valence-corrected chi connectivity index (χ3v) is 18.7. The van der Waals surface area contributed by atoms with Gasteiger partial charge in [0, 0.05) is 141 Å². The lowest BCUT2D eigenvalue weighted by molar-refractivity contribution is -0.192. The number of benzene rings is 4. The Bertz CT molecular complexity index is 4180. The van der Waals surface area contributed by atoms with Crippen molar-refractivity contribution in [3.8, 4) is 0 Å². The van der Waals surface area contributed by atoms with Crippen molar-refractivity contribution >= 4 is 150 Å². The number of hydrogen-bond acceptors (Lipinski definition) is 19. The fraction of sp³-hybridized carbons (Fsp3) is 0.306. The number of carboxylic acid groups (broad SMARTS) is 3. The Morgan fingerprint density at radius 1 is 0.643 bits per heavy atom. The number of carboxylic acids is 3. The van der Waals surface area contributed by atoms with Crippen molar-refractivity contribution in [3.05, 3.63) is 182 Å². The lowest BCUT2D eigenvalue weighted by Gasteiger charge is -2.38. The van der Waals surface area contributed by atoms with E-state index in [0.717, 1.165) is 36.3 Å². The molecule has 4 fully saturated rings. The molecular formula is C62H56BrCl4F5N12O12S2. The van der Waals surface area contributed by atoms with Crippen LogP contribution in [0, 0.1) is 11.6 Å². The van der Waals surface area contributed by atoms with Gasteiger partial charge >= 0.3 is 48.1 Å². The molecule has 0 aliphatic carbocycles. The number of amides is 4. The zero-order chi connectivity index (χ0) is 70.9. The Balaban J connectivity index is 0.000000178. The van der Waals surface area contributed by atoms with Gasteiger partial charge in [0.15, 0.2) is 21.7 Å². The number of carbonyl (C=O) groups excluding carboxylic acids is 4. The van der Waals surface area contributed by atoms with Gasteiger partial charge in [0.25, 0.3) is 0 Å². The van der Waals surface area contributed by atoms with Gasteiger partial charge in [-0.05, 0) is 74.5 Å². The van der Waals surface area contributed by atoms with E-state index in [2.05, 4.69) is 46.7 Å². The molecule has 12 rings (SSSR count). The van der Waals surface area contributed by atoms with Crippen LogP contribution in [-0.4, -0.2) is 189 Å². The molecule has 4 atom stereocenters. The molecule has 0 spiro atoms. The topological polar surface area (TPSA) is 301 Å². The fourth-order valence-corrected chi connectivity index (χ4v) is 13.6. The summed E-state index contributed by atoms with van der Waals surface area (Å²) in [5.41, 5.74) is 3.05. The van der Waals surface area contributed by atoms with Crippen LogP contribution in [0.25, 0.3) is 0 Å². The number of amidine groups is 2. The average molecular weight is 1540 g/mol. The molecule has 6 N–H and O–H groups in total. The van der Waals surface area contributed by atoms with E-state index in [4.69, 9.17) is 80.9 Å². The number of piperazine rings is 2. The number of carbonyl (C=O) groups is 7. The van der Waals surface area contributed by atoms with Gasteiger partial charge in [0.2, 0.25) is 0 Å². The highest BCUT2D eigenvalue weighted by molar-refractivity contribution is 9.09. The largest absolute Gasteiger partial charge is 0.490 e. The number of fused-ring (bicyclic) bond motifs is 2. The number of ether oxygens (including phenoxy) is 2. The van der Waals surface area contributed by atoms with Gasteiger partial charge in [0.1, 0.15) is 23.7 Å². The van der Waals surface area contributed by atoms with Crippen molar-refractivity contribution in [2.75, 3.05) is 87.2 Å². The monoisotopic (exact) mass is 1540 g/mol.